The number of ether oxygens (including phenoxy) is 3. The zero-order chi connectivity index (χ0) is 16.6. The zero-order valence-corrected chi connectivity index (χ0v) is 13.5. The molecule has 7 nitrogen and oxygen atoms in total. The lowest BCUT2D eigenvalue weighted by atomic mass is 10.5. The number of aliphatic hydroxyl groups is 4. The van der Waals surface area contributed by atoms with Crippen molar-refractivity contribution in [2.75, 3.05) is 60.5 Å². The third-order valence-corrected chi connectivity index (χ3v) is 1.14. The first-order valence-electron chi connectivity index (χ1n) is 6.58. The van der Waals surface area contributed by atoms with Gasteiger partial charge < -0.3 is 34.6 Å². The molecule has 128 valence electrons. The summed E-state index contributed by atoms with van der Waals surface area (Å²) in [6, 6.07) is 0. The molecule has 0 saturated carbocycles. The summed E-state index contributed by atoms with van der Waals surface area (Å²) in [4.78, 5) is 0. The van der Waals surface area contributed by atoms with Gasteiger partial charge in [-0.15, -0.1) is 0 Å². The van der Waals surface area contributed by atoms with Crippen LogP contribution in [0.1, 0.15) is 20.8 Å². The van der Waals surface area contributed by atoms with E-state index in [2.05, 4.69) is 9.47 Å². The molecule has 0 fully saturated rings. The second-order valence-electron chi connectivity index (χ2n) is 3.28. The average molecular weight is 302 g/mol. The van der Waals surface area contributed by atoms with Gasteiger partial charge >= 0.3 is 0 Å². The smallest absolute Gasteiger partial charge is 0.0742 e. The van der Waals surface area contributed by atoms with Crippen molar-refractivity contribution in [3.8, 4) is 0 Å². The van der Waals surface area contributed by atoms with Crippen molar-refractivity contribution in [3.63, 3.8) is 0 Å². The van der Waals surface area contributed by atoms with Crippen molar-refractivity contribution in [1.82, 2.24) is 0 Å². The van der Waals surface area contributed by atoms with E-state index in [4.69, 9.17) is 25.2 Å². The molecule has 0 bridgehead atoms. The predicted molar refractivity (Wildman–Crippen MR) is 78.9 cm³/mol. The van der Waals surface area contributed by atoms with Gasteiger partial charge in [0.2, 0.25) is 0 Å². The molecule has 0 aliphatic rings. The molecule has 0 spiro atoms. The van der Waals surface area contributed by atoms with Crippen molar-refractivity contribution < 1.29 is 34.6 Å². The number of rotatable bonds is 7. The maximum atomic E-state index is 8.11. The molecule has 0 aromatic rings. The summed E-state index contributed by atoms with van der Waals surface area (Å²) in [6.07, 6.45) is -0.560. The SMILES string of the molecule is CC(O)CO.CCOCC.COC.OCCOCCO. The Bertz CT molecular complexity index is 107. The zero-order valence-electron chi connectivity index (χ0n) is 13.5. The normalized spacial score (nSPS) is 10.1. The van der Waals surface area contributed by atoms with Gasteiger partial charge in [0.15, 0.2) is 0 Å². The number of hydrogen-bond donors (Lipinski definition) is 4. The van der Waals surface area contributed by atoms with Crippen LogP contribution in [0.3, 0.4) is 0 Å². The lowest BCUT2D eigenvalue weighted by Gasteiger charge is -1.94. The minimum atomic E-state index is -0.560. The van der Waals surface area contributed by atoms with Crippen molar-refractivity contribution in [2.24, 2.45) is 0 Å². The lowest BCUT2D eigenvalue weighted by Crippen LogP contribution is -2.03. The molecule has 1 atom stereocenters. The summed E-state index contributed by atoms with van der Waals surface area (Å²) in [6.45, 7) is 7.75. The Kier molecular flexibility index (Phi) is 50.8. The van der Waals surface area contributed by atoms with E-state index in [0.717, 1.165) is 13.2 Å². The quantitative estimate of drug-likeness (QED) is 0.476. The fourth-order valence-corrected chi connectivity index (χ4v) is 0.435. The molecule has 0 aromatic heterocycles. The third-order valence-electron chi connectivity index (χ3n) is 1.14. The fourth-order valence-electron chi connectivity index (χ4n) is 0.435. The van der Waals surface area contributed by atoms with Gasteiger partial charge in [-0.3, -0.25) is 0 Å². The highest BCUT2D eigenvalue weighted by atomic mass is 16.5. The maximum absolute atomic E-state index is 8.11. The van der Waals surface area contributed by atoms with Gasteiger partial charge in [0.25, 0.3) is 0 Å². The molecule has 0 aliphatic carbocycles. The molecule has 0 aliphatic heterocycles. The van der Waals surface area contributed by atoms with Crippen LogP contribution in [-0.4, -0.2) is 87.0 Å². The summed E-state index contributed by atoms with van der Waals surface area (Å²) < 4.78 is 13.7. The molecule has 0 saturated heterocycles. The minimum Gasteiger partial charge on any atom is -0.394 e. The van der Waals surface area contributed by atoms with Crippen LogP contribution in [0.15, 0.2) is 0 Å². The maximum Gasteiger partial charge on any atom is 0.0742 e. The van der Waals surface area contributed by atoms with Crippen LogP contribution in [-0.2, 0) is 14.2 Å². The lowest BCUT2D eigenvalue weighted by molar-refractivity contribution is 0.0650. The Morgan fingerprint density at radius 3 is 1.25 bits per heavy atom. The standard InChI is InChI=1S/C4H10O3.C4H10O.C3H8O2.C2H6O/c5-1-3-7-4-2-6;1-3-5-4-2;1-3(5)2-4;1-3-2/h5-6H,1-4H2;3-4H2,1-2H3;3-5H,2H2,1H3;1-2H3. The van der Waals surface area contributed by atoms with Gasteiger partial charge in [-0.05, 0) is 20.8 Å². The van der Waals surface area contributed by atoms with Crippen LogP contribution in [0.25, 0.3) is 0 Å². The molecule has 0 amide bonds. The Morgan fingerprint density at radius 1 is 0.850 bits per heavy atom. The van der Waals surface area contributed by atoms with E-state index in [9.17, 15) is 0 Å². The van der Waals surface area contributed by atoms with E-state index in [0.29, 0.717) is 13.2 Å². The molecule has 1 unspecified atom stereocenters. The molecular formula is C13H34O7. The molecule has 20 heavy (non-hydrogen) atoms. The topological polar surface area (TPSA) is 109 Å². The predicted octanol–water partition coefficient (Wildman–Crippen LogP) is -0.347. The number of methoxy groups -OCH3 is 1. The Labute approximate surface area is 123 Å². The monoisotopic (exact) mass is 302 g/mol. The van der Waals surface area contributed by atoms with Gasteiger partial charge in [-0.1, -0.05) is 0 Å². The average Bonchev–Trinajstić information content (AvgIpc) is 2.42. The fraction of sp³-hybridized carbons (Fsp3) is 1.00. The first-order valence-corrected chi connectivity index (χ1v) is 6.58. The van der Waals surface area contributed by atoms with Crippen molar-refractivity contribution in [2.45, 2.75) is 26.9 Å². The molecule has 0 radical (unpaired) electrons. The van der Waals surface area contributed by atoms with Crippen LogP contribution in [0, 0.1) is 0 Å². The highest BCUT2D eigenvalue weighted by Gasteiger charge is 1.83. The summed E-state index contributed by atoms with van der Waals surface area (Å²) in [7, 11) is 3.25. The molecule has 0 rings (SSSR count). The van der Waals surface area contributed by atoms with Gasteiger partial charge in [-0.2, -0.15) is 0 Å². The van der Waals surface area contributed by atoms with Crippen LogP contribution in [0.5, 0.6) is 0 Å². The highest BCUT2D eigenvalue weighted by Crippen LogP contribution is 1.69. The Balaban J connectivity index is -0.0000000890. The highest BCUT2D eigenvalue weighted by molar-refractivity contribution is 4.34. The van der Waals surface area contributed by atoms with Gasteiger partial charge in [-0.25, -0.2) is 0 Å². The summed E-state index contributed by atoms with van der Waals surface area (Å²) in [5.41, 5.74) is 0. The largest absolute Gasteiger partial charge is 0.394 e. The van der Waals surface area contributed by atoms with E-state index in [1.807, 2.05) is 13.8 Å². The van der Waals surface area contributed by atoms with Crippen LogP contribution in [0.2, 0.25) is 0 Å². The summed E-state index contributed by atoms with van der Waals surface area (Å²) in [5, 5.41) is 32.2. The van der Waals surface area contributed by atoms with Crippen LogP contribution < -0.4 is 0 Å². The summed E-state index contributed by atoms with van der Waals surface area (Å²) >= 11 is 0. The van der Waals surface area contributed by atoms with Gasteiger partial charge in [0.05, 0.1) is 39.1 Å². The van der Waals surface area contributed by atoms with E-state index >= 15 is 0 Å². The van der Waals surface area contributed by atoms with Gasteiger partial charge in [0, 0.05) is 27.4 Å². The second-order valence-corrected chi connectivity index (χ2v) is 3.28. The van der Waals surface area contributed by atoms with E-state index in [-0.39, 0.29) is 19.8 Å². The van der Waals surface area contributed by atoms with Crippen LogP contribution in [0.4, 0.5) is 0 Å². The minimum absolute atomic E-state index is 0.0278. The van der Waals surface area contributed by atoms with E-state index in [1.54, 1.807) is 14.2 Å². The number of hydrogen-bond acceptors (Lipinski definition) is 7. The number of aliphatic hydroxyl groups excluding tert-OH is 4. The van der Waals surface area contributed by atoms with Crippen molar-refractivity contribution >= 4 is 0 Å². The van der Waals surface area contributed by atoms with Gasteiger partial charge in [0.1, 0.15) is 0 Å². The first-order chi connectivity index (χ1) is 9.51. The molecular weight excluding hydrogens is 268 g/mol. The summed E-state index contributed by atoms with van der Waals surface area (Å²) in [5.74, 6) is 0. The van der Waals surface area contributed by atoms with E-state index in [1.165, 1.54) is 6.92 Å². The second kappa shape index (κ2) is 36.3. The molecule has 0 aromatic carbocycles. The Hall–Kier alpha value is -0.280. The van der Waals surface area contributed by atoms with Crippen molar-refractivity contribution in [3.05, 3.63) is 0 Å². The third kappa shape index (κ3) is 83.1. The molecule has 7 heteroatoms. The van der Waals surface area contributed by atoms with Crippen LogP contribution >= 0.6 is 0 Å². The Morgan fingerprint density at radius 2 is 1.15 bits per heavy atom. The first kappa shape index (κ1) is 28.0. The molecule has 0 heterocycles. The van der Waals surface area contributed by atoms with E-state index < -0.39 is 6.10 Å². The van der Waals surface area contributed by atoms with Crippen molar-refractivity contribution in [1.29, 1.82) is 0 Å². The molecule has 4 N–H and O–H groups in total.